The average Bonchev–Trinajstić information content (AvgIpc) is 2.33. The van der Waals surface area contributed by atoms with Crippen molar-refractivity contribution in [1.82, 2.24) is 4.90 Å². The first-order valence-corrected chi connectivity index (χ1v) is 6.02. The highest BCUT2D eigenvalue weighted by Gasteiger charge is 2.43. The number of nitro benzene ring substituents is 1. The van der Waals surface area contributed by atoms with Crippen molar-refractivity contribution in [2.75, 3.05) is 20.2 Å². The molecule has 102 valence electrons. The van der Waals surface area contributed by atoms with Gasteiger partial charge in [0.05, 0.1) is 18.0 Å². The van der Waals surface area contributed by atoms with Gasteiger partial charge in [-0.3, -0.25) is 14.9 Å². The number of carbonyl (C=O) groups is 1. The third kappa shape index (κ3) is 2.54. The molecule has 0 aromatic heterocycles. The molecule has 19 heavy (non-hydrogen) atoms. The van der Waals surface area contributed by atoms with E-state index < -0.39 is 10.8 Å². The molecule has 1 fully saturated rings. The number of nitrogens with zero attached hydrogens (tertiary/aromatic N) is 2. The van der Waals surface area contributed by atoms with Gasteiger partial charge in [0.15, 0.2) is 0 Å². The lowest BCUT2D eigenvalue weighted by Gasteiger charge is -2.46. The third-order valence-electron chi connectivity index (χ3n) is 3.22. The molecular formula is C12H13ClN2O4. The molecule has 0 unspecified atom stereocenters. The van der Waals surface area contributed by atoms with Crippen molar-refractivity contribution in [2.45, 2.75) is 12.5 Å². The summed E-state index contributed by atoms with van der Waals surface area (Å²) in [6.07, 6.45) is 0. The monoisotopic (exact) mass is 284 g/mol. The van der Waals surface area contributed by atoms with Crippen LogP contribution in [0.4, 0.5) is 5.69 Å². The fraction of sp³-hybridized carbons (Fsp3) is 0.417. The van der Waals surface area contributed by atoms with Gasteiger partial charge in [0.2, 0.25) is 0 Å². The number of nitro groups is 1. The van der Waals surface area contributed by atoms with Crippen LogP contribution in [0.5, 0.6) is 0 Å². The van der Waals surface area contributed by atoms with Gasteiger partial charge >= 0.3 is 0 Å². The van der Waals surface area contributed by atoms with E-state index in [9.17, 15) is 14.9 Å². The number of hydrogen-bond donors (Lipinski definition) is 0. The van der Waals surface area contributed by atoms with Crippen molar-refractivity contribution in [1.29, 1.82) is 0 Å². The van der Waals surface area contributed by atoms with E-state index in [-0.39, 0.29) is 16.9 Å². The zero-order valence-corrected chi connectivity index (χ0v) is 11.3. The van der Waals surface area contributed by atoms with Gasteiger partial charge in [-0.1, -0.05) is 11.6 Å². The van der Waals surface area contributed by atoms with E-state index in [4.69, 9.17) is 16.3 Å². The van der Waals surface area contributed by atoms with Gasteiger partial charge in [0, 0.05) is 18.2 Å². The second-order valence-electron chi connectivity index (χ2n) is 4.73. The Kier molecular flexibility index (Phi) is 3.47. The van der Waals surface area contributed by atoms with Crippen LogP contribution in [0.2, 0.25) is 5.02 Å². The Bertz CT molecular complexity index is 541. The maximum Gasteiger partial charge on any atom is 0.282 e. The second kappa shape index (κ2) is 4.79. The van der Waals surface area contributed by atoms with Crippen molar-refractivity contribution in [3.63, 3.8) is 0 Å². The van der Waals surface area contributed by atoms with Crippen LogP contribution in [0.25, 0.3) is 0 Å². The predicted octanol–water partition coefficient (Wildman–Crippen LogP) is 2.11. The van der Waals surface area contributed by atoms with Gasteiger partial charge in [0.25, 0.3) is 11.6 Å². The number of rotatable bonds is 3. The molecule has 7 heteroatoms. The Morgan fingerprint density at radius 1 is 1.53 bits per heavy atom. The Morgan fingerprint density at radius 3 is 2.68 bits per heavy atom. The maximum atomic E-state index is 12.2. The van der Waals surface area contributed by atoms with Crippen LogP contribution in [-0.2, 0) is 4.74 Å². The molecule has 0 saturated carbocycles. The molecule has 0 atom stereocenters. The van der Waals surface area contributed by atoms with E-state index in [1.807, 2.05) is 6.92 Å². The number of hydrogen-bond acceptors (Lipinski definition) is 4. The summed E-state index contributed by atoms with van der Waals surface area (Å²) in [6, 6.07) is 3.96. The zero-order chi connectivity index (χ0) is 14.2. The number of likely N-dealkylation sites (tertiary alicyclic amines) is 1. The van der Waals surface area contributed by atoms with Gasteiger partial charge < -0.3 is 9.64 Å². The van der Waals surface area contributed by atoms with Crippen LogP contribution in [0.1, 0.15) is 17.3 Å². The molecule has 1 aromatic rings. The molecule has 0 radical (unpaired) electrons. The molecule has 1 aliphatic heterocycles. The molecule has 1 saturated heterocycles. The van der Waals surface area contributed by atoms with Gasteiger partial charge in [-0.2, -0.15) is 0 Å². The lowest BCUT2D eigenvalue weighted by Crippen LogP contribution is -2.62. The summed E-state index contributed by atoms with van der Waals surface area (Å²) in [4.78, 5) is 24.1. The van der Waals surface area contributed by atoms with Crippen LogP contribution in [0, 0.1) is 10.1 Å². The Balaban J connectivity index is 2.25. The molecule has 1 heterocycles. The largest absolute Gasteiger partial charge is 0.375 e. The van der Waals surface area contributed by atoms with Crippen LogP contribution in [0.15, 0.2) is 18.2 Å². The molecule has 0 bridgehead atoms. The van der Waals surface area contributed by atoms with Crippen LogP contribution >= 0.6 is 11.6 Å². The molecule has 1 aliphatic rings. The number of amides is 1. The van der Waals surface area contributed by atoms with E-state index in [1.54, 1.807) is 7.11 Å². The minimum atomic E-state index is -0.584. The van der Waals surface area contributed by atoms with Crippen molar-refractivity contribution in [3.05, 3.63) is 38.9 Å². The lowest BCUT2D eigenvalue weighted by molar-refractivity contribution is -0.385. The molecule has 2 rings (SSSR count). The van der Waals surface area contributed by atoms with E-state index in [2.05, 4.69) is 0 Å². The second-order valence-corrected chi connectivity index (χ2v) is 5.17. The van der Waals surface area contributed by atoms with E-state index in [0.29, 0.717) is 18.1 Å². The van der Waals surface area contributed by atoms with Crippen molar-refractivity contribution >= 4 is 23.2 Å². The Morgan fingerprint density at radius 2 is 2.16 bits per heavy atom. The number of ether oxygens (including phenoxy) is 1. The van der Waals surface area contributed by atoms with E-state index in [1.165, 1.54) is 23.1 Å². The normalized spacial score (nSPS) is 16.9. The van der Waals surface area contributed by atoms with Crippen LogP contribution < -0.4 is 0 Å². The maximum absolute atomic E-state index is 12.2. The first kappa shape index (κ1) is 13.8. The standard InChI is InChI=1S/C12H13ClN2O4/c1-12(19-2)6-14(7-12)11(16)9-5-8(13)3-4-10(9)15(17)18/h3-5H,6-7H2,1-2H3. The molecule has 1 amide bonds. The van der Waals surface area contributed by atoms with E-state index >= 15 is 0 Å². The highest BCUT2D eigenvalue weighted by atomic mass is 35.5. The first-order chi connectivity index (χ1) is 8.86. The van der Waals surface area contributed by atoms with Gasteiger partial charge in [-0.05, 0) is 19.1 Å². The summed E-state index contributed by atoms with van der Waals surface area (Å²) in [7, 11) is 1.57. The topological polar surface area (TPSA) is 72.7 Å². The summed E-state index contributed by atoms with van der Waals surface area (Å²) in [5.41, 5.74) is -0.598. The van der Waals surface area contributed by atoms with Gasteiger partial charge in [-0.15, -0.1) is 0 Å². The van der Waals surface area contributed by atoms with Gasteiger partial charge in [-0.25, -0.2) is 0 Å². The summed E-state index contributed by atoms with van der Waals surface area (Å²) in [5, 5.41) is 11.2. The summed E-state index contributed by atoms with van der Waals surface area (Å²) in [6.45, 7) is 2.70. The summed E-state index contributed by atoms with van der Waals surface area (Å²) in [5.74, 6) is -0.399. The fourth-order valence-corrected chi connectivity index (χ4v) is 2.22. The average molecular weight is 285 g/mol. The minimum absolute atomic E-state index is 0.00986. The Hall–Kier alpha value is -1.66. The zero-order valence-electron chi connectivity index (χ0n) is 10.6. The van der Waals surface area contributed by atoms with Crippen LogP contribution in [-0.4, -0.2) is 41.5 Å². The predicted molar refractivity (Wildman–Crippen MR) is 69.4 cm³/mol. The first-order valence-electron chi connectivity index (χ1n) is 5.65. The summed E-state index contributed by atoms with van der Waals surface area (Å²) >= 11 is 5.80. The molecule has 0 spiro atoms. The number of benzene rings is 1. The molecule has 1 aromatic carbocycles. The van der Waals surface area contributed by atoms with Crippen molar-refractivity contribution in [3.8, 4) is 0 Å². The molecular weight excluding hydrogens is 272 g/mol. The number of methoxy groups -OCH3 is 1. The van der Waals surface area contributed by atoms with Crippen molar-refractivity contribution < 1.29 is 14.5 Å². The van der Waals surface area contributed by atoms with Crippen molar-refractivity contribution in [2.24, 2.45) is 0 Å². The Labute approximate surface area is 115 Å². The molecule has 0 aliphatic carbocycles. The highest BCUT2D eigenvalue weighted by molar-refractivity contribution is 6.31. The fourth-order valence-electron chi connectivity index (χ4n) is 2.04. The minimum Gasteiger partial charge on any atom is -0.375 e. The SMILES string of the molecule is COC1(C)CN(C(=O)c2cc(Cl)ccc2[N+](=O)[O-])C1. The smallest absolute Gasteiger partial charge is 0.282 e. The van der Waals surface area contributed by atoms with E-state index in [0.717, 1.165) is 0 Å². The highest BCUT2D eigenvalue weighted by Crippen LogP contribution is 2.29. The number of halogens is 1. The summed E-state index contributed by atoms with van der Waals surface area (Å²) < 4.78 is 5.24. The quantitative estimate of drug-likeness (QED) is 0.629. The van der Waals surface area contributed by atoms with Crippen LogP contribution in [0.3, 0.4) is 0 Å². The van der Waals surface area contributed by atoms with Gasteiger partial charge in [0.1, 0.15) is 11.2 Å². The number of carbonyl (C=O) groups excluding carboxylic acids is 1. The third-order valence-corrected chi connectivity index (χ3v) is 3.45. The molecule has 6 nitrogen and oxygen atoms in total. The molecule has 0 N–H and O–H groups in total. The lowest BCUT2D eigenvalue weighted by atomic mass is 9.95.